The summed E-state index contributed by atoms with van der Waals surface area (Å²) >= 11 is 0. The van der Waals surface area contributed by atoms with E-state index in [1.807, 2.05) is 0 Å². The zero-order valence-corrected chi connectivity index (χ0v) is 10.2. The van der Waals surface area contributed by atoms with Gasteiger partial charge in [-0.1, -0.05) is 12.1 Å². The first-order valence-electron chi connectivity index (χ1n) is 5.58. The number of aliphatic hydroxyl groups is 3. The van der Waals surface area contributed by atoms with Crippen LogP contribution in [0.15, 0.2) is 24.3 Å². The second kappa shape index (κ2) is 7.03. The van der Waals surface area contributed by atoms with E-state index in [2.05, 4.69) is 5.32 Å². The van der Waals surface area contributed by atoms with Gasteiger partial charge in [0.15, 0.2) is 18.2 Å². The van der Waals surface area contributed by atoms with Crippen molar-refractivity contribution in [1.82, 2.24) is 5.32 Å². The molecule has 106 valence electrons. The van der Waals surface area contributed by atoms with Gasteiger partial charge in [-0.3, -0.25) is 4.79 Å². The van der Waals surface area contributed by atoms with Crippen molar-refractivity contribution >= 4 is 5.91 Å². The third-order valence-electron chi connectivity index (χ3n) is 2.51. The summed E-state index contributed by atoms with van der Waals surface area (Å²) in [4.78, 5) is 11.5. The van der Waals surface area contributed by atoms with E-state index in [1.165, 1.54) is 18.2 Å². The number of hydrogen-bond donors (Lipinski definition) is 4. The number of para-hydroxylation sites is 1. The Kier molecular flexibility index (Phi) is 5.68. The fourth-order valence-corrected chi connectivity index (χ4v) is 1.31. The largest absolute Gasteiger partial charge is 0.481 e. The van der Waals surface area contributed by atoms with Crippen molar-refractivity contribution in [2.75, 3.05) is 26.4 Å². The molecule has 1 aromatic rings. The van der Waals surface area contributed by atoms with Crippen LogP contribution in [0.3, 0.4) is 0 Å². The molecule has 0 bridgehead atoms. The molecule has 0 saturated carbocycles. The van der Waals surface area contributed by atoms with Gasteiger partial charge in [-0.2, -0.15) is 0 Å². The lowest BCUT2D eigenvalue weighted by Gasteiger charge is -2.28. The highest BCUT2D eigenvalue weighted by molar-refractivity contribution is 5.78. The maximum Gasteiger partial charge on any atom is 0.258 e. The summed E-state index contributed by atoms with van der Waals surface area (Å²) in [6.07, 6.45) is 0. The predicted octanol–water partition coefficient (Wildman–Crippen LogP) is -0.964. The summed E-state index contributed by atoms with van der Waals surface area (Å²) in [6.45, 7) is -2.40. The predicted molar refractivity (Wildman–Crippen MR) is 64.0 cm³/mol. The Hall–Kier alpha value is -1.70. The summed E-state index contributed by atoms with van der Waals surface area (Å²) in [5.74, 6) is -1.38. The van der Waals surface area contributed by atoms with Gasteiger partial charge in [0.2, 0.25) is 0 Å². The third kappa shape index (κ3) is 4.16. The van der Waals surface area contributed by atoms with Crippen LogP contribution in [0.25, 0.3) is 0 Å². The number of amides is 1. The lowest BCUT2D eigenvalue weighted by Crippen LogP contribution is -2.58. The molecule has 0 spiro atoms. The van der Waals surface area contributed by atoms with Gasteiger partial charge >= 0.3 is 0 Å². The minimum atomic E-state index is -1.52. The second-order valence-corrected chi connectivity index (χ2v) is 4.02. The fraction of sp³-hybridized carbons (Fsp3) is 0.417. The van der Waals surface area contributed by atoms with Crippen LogP contribution in [0, 0.1) is 5.82 Å². The van der Waals surface area contributed by atoms with E-state index in [4.69, 9.17) is 20.1 Å². The van der Waals surface area contributed by atoms with Crippen LogP contribution in [0.5, 0.6) is 5.75 Å². The molecule has 0 aliphatic rings. The molecule has 0 heterocycles. The summed E-state index contributed by atoms with van der Waals surface area (Å²) in [7, 11) is 0. The smallest absolute Gasteiger partial charge is 0.258 e. The van der Waals surface area contributed by atoms with Crippen molar-refractivity contribution < 1.29 is 29.2 Å². The van der Waals surface area contributed by atoms with Gasteiger partial charge in [-0.05, 0) is 12.1 Å². The zero-order chi connectivity index (χ0) is 14.3. The molecular formula is C12H16FNO5. The van der Waals surface area contributed by atoms with E-state index in [9.17, 15) is 9.18 Å². The van der Waals surface area contributed by atoms with Gasteiger partial charge in [0.1, 0.15) is 5.54 Å². The molecule has 7 heteroatoms. The van der Waals surface area contributed by atoms with E-state index in [0.717, 1.165) is 0 Å². The average molecular weight is 273 g/mol. The van der Waals surface area contributed by atoms with Crippen LogP contribution in [0.1, 0.15) is 0 Å². The standard InChI is InChI=1S/C12H16FNO5/c13-9-3-1-2-4-10(9)19-5-11(18)14-12(6-15,7-16)8-17/h1-4,15-17H,5-8H2,(H,14,18). The maximum absolute atomic E-state index is 13.2. The number of carbonyl (C=O) groups is 1. The van der Waals surface area contributed by atoms with Crippen molar-refractivity contribution in [3.8, 4) is 5.75 Å². The van der Waals surface area contributed by atoms with Gasteiger partial charge in [-0.25, -0.2) is 4.39 Å². The van der Waals surface area contributed by atoms with Gasteiger partial charge in [-0.15, -0.1) is 0 Å². The van der Waals surface area contributed by atoms with Gasteiger partial charge in [0.25, 0.3) is 5.91 Å². The van der Waals surface area contributed by atoms with E-state index in [0.29, 0.717) is 0 Å². The Bertz CT molecular complexity index is 414. The SMILES string of the molecule is O=C(COc1ccccc1F)NC(CO)(CO)CO. The molecule has 0 unspecified atom stereocenters. The van der Waals surface area contributed by atoms with Crippen LogP contribution >= 0.6 is 0 Å². The summed E-state index contributed by atoms with van der Waals surface area (Å²) in [5, 5.41) is 29.3. The number of halogens is 1. The number of aliphatic hydroxyl groups excluding tert-OH is 3. The lowest BCUT2D eigenvalue weighted by molar-refractivity contribution is -0.127. The number of ether oxygens (including phenoxy) is 1. The number of nitrogens with one attached hydrogen (secondary N) is 1. The van der Waals surface area contributed by atoms with E-state index < -0.39 is 43.7 Å². The normalized spacial score (nSPS) is 11.2. The molecule has 0 fully saturated rings. The zero-order valence-electron chi connectivity index (χ0n) is 10.2. The molecular weight excluding hydrogens is 257 g/mol. The molecule has 0 radical (unpaired) electrons. The van der Waals surface area contributed by atoms with Crippen molar-refractivity contribution in [3.63, 3.8) is 0 Å². The Morgan fingerprint density at radius 3 is 2.32 bits per heavy atom. The molecule has 4 N–H and O–H groups in total. The summed E-state index contributed by atoms with van der Waals surface area (Å²) < 4.78 is 18.1. The number of carbonyl (C=O) groups excluding carboxylic acids is 1. The number of rotatable bonds is 7. The highest BCUT2D eigenvalue weighted by Gasteiger charge is 2.30. The third-order valence-corrected chi connectivity index (χ3v) is 2.51. The fourth-order valence-electron chi connectivity index (χ4n) is 1.31. The van der Waals surface area contributed by atoms with Crippen molar-refractivity contribution in [1.29, 1.82) is 0 Å². The first kappa shape index (κ1) is 15.4. The van der Waals surface area contributed by atoms with Gasteiger partial charge in [0, 0.05) is 0 Å². The minimum absolute atomic E-state index is 0.0831. The molecule has 6 nitrogen and oxygen atoms in total. The van der Waals surface area contributed by atoms with E-state index in [-0.39, 0.29) is 5.75 Å². The first-order valence-corrected chi connectivity index (χ1v) is 5.58. The van der Waals surface area contributed by atoms with Gasteiger partial charge in [0.05, 0.1) is 19.8 Å². The first-order chi connectivity index (χ1) is 9.06. The van der Waals surface area contributed by atoms with Crippen LogP contribution in [-0.2, 0) is 4.79 Å². The van der Waals surface area contributed by atoms with E-state index in [1.54, 1.807) is 6.07 Å². The quantitative estimate of drug-likeness (QED) is 0.512. The van der Waals surface area contributed by atoms with Crippen LogP contribution in [0.2, 0.25) is 0 Å². The van der Waals surface area contributed by atoms with Crippen molar-refractivity contribution in [3.05, 3.63) is 30.1 Å². The molecule has 1 rings (SSSR count). The summed E-state index contributed by atoms with van der Waals surface area (Å²) in [5.41, 5.74) is -1.52. The molecule has 0 atom stereocenters. The van der Waals surface area contributed by atoms with Crippen molar-refractivity contribution in [2.45, 2.75) is 5.54 Å². The Balaban J connectivity index is 2.54. The van der Waals surface area contributed by atoms with Crippen molar-refractivity contribution in [2.24, 2.45) is 0 Å². The molecule has 19 heavy (non-hydrogen) atoms. The minimum Gasteiger partial charge on any atom is -0.481 e. The second-order valence-electron chi connectivity index (χ2n) is 4.02. The Morgan fingerprint density at radius 2 is 1.79 bits per heavy atom. The number of hydrogen-bond acceptors (Lipinski definition) is 5. The monoisotopic (exact) mass is 273 g/mol. The molecule has 1 aromatic carbocycles. The molecule has 0 saturated heterocycles. The van der Waals surface area contributed by atoms with E-state index >= 15 is 0 Å². The highest BCUT2D eigenvalue weighted by Crippen LogP contribution is 2.15. The summed E-state index contributed by atoms with van der Waals surface area (Å²) in [6, 6.07) is 5.58. The Labute approximate surface area is 109 Å². The molecule has 1 amide bonds. The average Bonchev–Trinajstić information content (AvgIpc) is 2.44. The van der Waals surface area contributed by atoms with Crippen LogP contribution in [-0.4, -0.2) is 53.2 Å². The number of benzene rings is 1. The maximum atomic E-state index is 13.2. The highest BCUT2D eigenvalue weighted by atomic mass is 19.1. The molecule has 0 aliphatic heterocycles. The topological polar surface area (TPSA) is 99.0 Å². The van der Waals surface area contributed by atoms with Crippen LogP contribution < -0.4 is 10.1 Å². The van der Waals surface area contributed by atoms with Crippen LogP contribution in [0.4, 0.5) is 4.39 Å². The molecule has 0 aromatic heterocycles. The molecule has 0 aliphatic carbocycles. The van der Waals surface area contributed by atoms with Gasteiger partial charge < -0.3 is 25.4 Å². The lowest BCUT2D eigenvalue weighted by atomic mass is 10.0. The Morgan fingerprint density at radius 1 is 1.21 bits per heavy atom.